The maximum atomic E-state index is 12.3. The molecule has 0 unspecified atom stereocenters. The van der Waals surface area contributed by atoms with Crippen LogP contribution in [0.4, 0.5) is 5.69 Å². The van der Waals surface area contributed by atoms with Crippen LogP contribution in [-0.4, -0.2) is 20.6 Å². The van der Waals surface area contributed by atoms with E-state index in [1.807, 2.05) is 78.9 Å². The highest BCUT2D eigenvalue weighted by Gasteiger charge is 2.06. The number of benzene rings is 3. The van der Waals surface area contributed by atoms with Crippen LogP contribution in [0.2, 0.25) is 0 Å². The molecule has 0 saturated carbocycles. The van der Waals surface area contributed by atoms with Gasteiger partial charge in [-0.25, -0.2) is 13.1 Å². The van der Waals surface area contributed by atoms with Crippen molar-refractivity contribution in [2.45, 2.75) is 13.0 Å². The molecule has 2 N–H and O–H groups in total. The van der Waals surface area contributed by atoms with Crippen molar-refractivity contribution in [2.75, 3.05) is 11.6 Å². The lowest BCUT2D eigenvalue weighted by molar-refractivity contribution is -0.115. The molecule has 0 aliphatic carbocycles. The van der Waals surface area contributed by atoms with Crippen molar-refractivity contribution in [1.82, 2.24) is 4.72 Å². The minimum absolute atomic E-state index is 0. The molecule has 1 amide bonds. The Labute approximate surface area is 168 Å². The molecule has 28 heavy (non-hydrogen) atoms. The van der Waals surface area contributed by atoms with Crippen LogP contribution in [0.1, 0.15) is 14.0 Å². The molecule has 0 fully saturated rings. The normalized spacial score (nSPS) is 11.2. The highest BCUT2D eigenvalue weighted by atomic mass is 32.2. The molecule has 0 aliphatic rings. The maximum absolute atomic E-state index is 12.3. The Bertz CT molecular complexity index is 1060. The summed E-state index contributed by atoms with van der Waals surface area (Å²) in [5.74, 6) is -0.0643. The average molecular weight is 399 g/mol. The largest absolute Gasteiger partial charge is 0.326 e. The number of hydrogen-bond acceptors (Lipinski definition) is 3. The van der Waals surface area contributed by atoms with Crippen molar-refractivity contribution >= 4 is 21.6 Å². The molecule has 0 bridgehead atoms. The van der Waals surface area contributed by atoms with Gasteiger partial charge in [0.1, 0.15) is 0 Å². The molecule has 0 aliphatic heterocycles. The number of rotatable bonds is 7. The first-order chi connectivity index (χ1) is 13.4. The van der Waals surface area contributed by atoms with Crippen molar-refractivity contribution in [3.8, 4) is 11.1 Å². The first-order valence-electron chi connectivity index (χ1n) is 8.87. The number of hydrogen-bond donors (Lipinski definition) is 2. The third-order valence-corrected chi connectivity index (χ3v) is 4.85. The van der Waals surface area contributed by atoms with Gasteiger partial charge in [0.15, 0.2) is 0 Å². The van der Waals surface area contributed by atoms with Gasteiger partial charge in [-0.2, -0.15) is 0 Å². The fourth-order valence-corrected chi connectivity index (χ4v) is 3.22. The van der Waals surface area contributed by atoms with E-state index in [1.54, 1.807) is 0 Å². The standard InChI is InChI=1S/C22H22N2O3S.2H2/c1-28(26,27)23-16-18-10-12-19(13-11-18)20-8-5-9-21(15-20)24-22(25)14-17-6-3-2-4-7-17;;/h2-13,15,23H,14,16H2,1H3,(H,24,25);2*1H. The summed E-state index contributed by atoms with van der Waals surface area (Å²) in [5, 5.41) is 2.93. The quantitative estimate of drug-likeness (QED) is 0.630. The molecule has 6 heteroatoms. The molecule has 0 heterocycles. The summed E-state index contributed by atoms with van der Waals surface area (Å²) in [6.07, 6.45) is 1.46. The van der Waals surface area contributed by atoms with E-state index in [0.29, 0.717) is 6.42 Å². The molecular formula is C22H26N2O3S. The van der Waals surface area contributed by atoms with Crippen LogP contribution in [0.25, 0.3) is 11.1 Å². The molecule has 3 aromatic rings. The number of carbonyl (C=O) groups is 1. The molecule has 148 valence electrons. The summed E-state index contributed by atoms with van der Waals surface area (Å²) in [5.41, 5.74) is 4.54. The van der Waals surface area contributed by atoms with E-state index < -0.39 is 10.0 Å². The Morgan fingerprint density at radius 2 is 1.57 bits per heavy atom. The second-order valence-corrected chi connectivity index (χ2v) is 8.41. The molecule has 0 saturated heterocycles. The second-order valence-electron chi connectivity index (χ2n) is 6.58. The molecule has 0 aromatic heterocycles. The predicted octanol–water partition coefficient (Wildman–Crippen LogP) is 4.08. The predicted molar refractivity (Wildman–Crippen MR) is 117 cm³/mol. The van der Waals surface area contributed by atoms with Crippen LogP contribution < -0.4 is 10.0 Å². The van der Waals surface area contributed by atoms with Crippen LogP contribution >= 0.6 is 0 Å². The van der Waals surface area contributed by atoms with E-state index in [1.165, 1.54) is 0 Å². The fourth-order valence-electron chi connectivity index (χ4n) is 2.79. The topological polar surface area (TPSA) is 75.3 Å². The third kappa shape index (κ3) is 6.04. The zero-order valence-electron chi connectivity index (χ0n) is 15.6. The van der Waals surface area contributed by atoms with Gasteiger partial charge in [-0.05, 0) is 34.4 Å². The van der Waals surface area contributed by atoms with E-state index >= 15 is 0 Å². The summed E-state index contributed by atoms with van der Waals surface area (Å²) in [6, 6.07) is 24.9. The molecule has 0 spiro atoms. The summed E-state index contributed by atoms with van der Waals surface area (Å²) in [7, 11) is -3.21. The van der Waals surface area contributed by atoms with Gasteiger partial charge in [0, 0.05) is 15.1 Å². The van der Waals surface area contributed by atoms with E-state index in [0.717, 1.165) is 34.2 Å². The fraction of sp³-hybridized carbons (Fsp3) is 0.136. The Balaban J connectivity index is 0.00000225. The Kier molecular flexibility index (Phi) is 6.23. The van der Waals surface area contributed by atoms with Crippen LogP contribution in [0, 0.1) is 0 Å². The Morgan fingerprint density at radius 3 is 2.25 bits per heavy atom. The zero-order valence-corrected chi connectivity index (χ0v) is 16.4. The first-order valence-corrected chi connectivity index (χ1v) is 10.8. The van der Waals surface area contributed by atoms with Crippen LogP contribution in [0.15, 0.2) is 78.9 Å². The molecule has 3 aromatic carbocycles. The van der Waals surface area contributed by atoms with Crippen molar-refractivity contribution in [1.29, 1.82) is 0 Å². The monoisotopic (exact) mass is 398 g/mol. The number of anilines is 1. The highest BCUT2D eigenvalue weighted by Crippen LogP contribution is 2.23. The maximum Gasteiger partial charge on any atom is 0.228 e. The SMILES string of the molecule is CS(=O)(=O)NCc1ccc(-c2cccc(NC(=O)Cc3ccccc3)c2)cc1.[HH].[HH]. The van der Waals surface area contributed by atoms with E-state index in [-0.39, 0.29) is 15.3 Å². The molecular weight excluding hydrogens is 372 g/mol. The number of amides is 1. The Hall–Kier alpha value is -2.96. The van der Waals surface area contributed by atoms with Gasteiger partial charge in [-0.3, -0.25) is 4.79 Å². The van der Waals surface area contributed by atoms with Gasteiger partial charge >= 0.3 is 0 Å². The van der Waals surface area contributed by atoms with Crippen molar-refractivity contribution in [2.24, 2.45) is 0 Å². The smallest absolute Gasteiger partial charge is 0.228 e. The van der Waals surface area contributed by atoms with Gasteiger partial charge in [0.25, 0.3) is 0 Å². The van der Waals surface area contributed by atoms with E-state index in [9.17, 15) is 13.2 Å². The lowest BCUT2D eigenvalue weighted by Crippen LogP contribution is -2.21. The number of nitrogens with one attached hydrogen (secondary N) is 2. The molecule has 3 rings (SSSR count). The average Bonchev–Trinajstić information content (AvgIpc) is 2.67. The van der Waals surface area contributed by atoms with Gasteiger partial charge in [0.05, 0.1) is 12.7 Å². The minimum atomic E-state index is -3.21. The first kappa shape index (κ1) is 19.8. The van der Waals surface area contributed by atoms with Crippen molar-refractivity contribution < 1.29 is 16.1 Å². The van der Waals surface area contributed by atoms with E-state index in [2.05, 4.69) is 10.0 Å². The lowest BCUT2D eigenvalue weighted by atomic mass is 10.0. The molecule has 5 nitrogen and oxygen atoms in total. The van der Waals surface area contributed by atoms with Crippen molar-refractivity contribution in [3.63, 3.8) is 0 Å². The lowest BCUT2D eigenvalue weighted by Gasteiger charge is -2.09. The van der Waals surface area contributed by atoms with Crippen LogP contribution in [-0.2, 0) is 27.8 Å². The Morgan fingerprint density at radius 1 is 0.857 bits per heavy atom. The summed E-state index contributed by atoms with van der Waals surface area (Å²) >= 11 is 0. The highest BCUT2D eigenvalue weighted by molar-refractivity contribution is 7.88. The third-order valence-electron chi connectivity index (χ3n) is 4.18. The summed E-state index contributed by atoms with van der Waals surface area (Å²) in [6.45, 7) is 0.259. The number of carbonyl (C=O) groups excluding carboxylic acids is 1. The van der Waals surface area contributed by atoms with Crippen molar-refractivity contribution in [3.05, 3.63) is 90.0 Å². The van der Waals surface area contributed by atoms with E-state index in [4.69, 9.17) is 0 Å². The van der Waals surface area contributed by atoms with Gasteiger partial charge in [-0.1, -0.05) is 66.7 Å². The van der Waals surface area contributed by atoms with Gasteiger partial charge in [-0.15, -0.1) is 0 Å². The van der Waals surface area contributed by atoms with Crippen LogP contribution in [0.5, 0.6) is 0 Å². The summed E-state index contributed by atoms with van der Waals surface area (Å²) < 4.78 is 24.8. The summed E-state index contributed by atoms with van der Waals surface area (Å²) in [4.78, 5) is 12.3. The van der Waals surface area contributed by atoms with Gasteiger partial charge < -0.3 is 5.32 Å². The molecule has 0 atom stereocenters. The second kappa shape index (κ2) is 8.82. The van der Waals surface area contributed by atoms with Gasteiger partial charge in [0.2, 0.25) is 15.9 Å². The van der Waals surface area contributed by atoms with Crippen LogP contribution in [0.3, 0.4) is 0 Å². The molecule has 0 radical (unpaired) electrons. The minimum Gasteiger partial charge on any atom is -0.326 e. The zero-order chi connectivity index (χ0) is 20.0. The number of sulfonamides is 1.